The summed E-state index contributed by atoms with van der Waals surface area (Å²) >= 11 is 1.79. The predicted octanol–water partition coefficient (Wildman–Crippen LogP) is 4.14. The lowest BCUT2D eigenvalue weighted by Gasteiger charge is -2.15. The van der Waals surface area contributed by atoms with Crippen LogP contribution in [0.2, 0.25) is 0 Å². The first-order valence-electron chi connectivity index (χ1n) is 7.91. The van der Waals surface area contributed by atoms with Crippen molar-refractivity contribution < 1.29 is 0 Å². The van der Waals surface area contributed by atoms with Crippen molar-refractivity contribution in [3.63, 3.8) is 0 Å². The molecule has 3 rings (SSSR count). The molecule has 1 N–H and O–H groups in total. The first kappa shape index (κ1) is 14.7. The molecular weight excluding hydrogens is 278 g/mol. The maximum Gasteiger partial charge on any atom is 0.139 e. The first-order valence-corrected chi connectivity index (χ1v) is 8.73. The van der Waals surface area contributed by atoms with Gasteiger partial charge in [0.25, 0.3) is 0 Å². The minimum absolute atomic E-state index is 0.166. The van der Waals surface area contributed by atoms with Gasteiger partial charge in [-0.25, -0.2) is 0 Å². The highest BCUT2D eigenvalue weighted by atomic mass is 32.1. The first-order chi connectivity index (χ1) is 10.3. The Morgan fingerprint density at radius 1 is 1.24 bits per heavy atom. The number of rotatable bonds is 5. The molecule has 112 valence electrons. The van der Waals surface area contributed by atoms with Crippen molar-refractivity contribution in [2.24, 2.45) is 5.92 Å². The minimum Gasteiger partial charge on any atom is -0.304 e. The fraction of sp³-hybridized carbons (Fsp3) is 0.529. The van der Waals surface area contributed by atoms with E-state index in [1.54, 1.807) is 11.3 Å². The highest BCUT2D eigenvalue weighted by Crippen LogP contribution is 2.41. The van der Waals surface area contributed by atoms with Gasteiger partial charge in [0, 0.05) is 5.92 Å². The molecule has 3 unspecified atom stereocenters. The van der Waals surface area contributed by atoms with Crippen LogP contribution in [0.25, 0.3) is 0 Å². The van der Waals surface area contributed by atoms with Gasteiger partial charge in [-0.2, -0.15) is 0 Å². The Morgan fingerprint density at radius 2 is 2.05 bits per heavy atom. The summed E-state index contributed by atoms with van der Waals surface area (Å²) in [6, 6.07) is 10.7. The van der Waals surface area contributed by atoms with Crippen LogP contribution < -0.4 is 5.32 Å². The van der Waals surface area contributed by atoms with Crippen LogP contribution in [-0.2, 0) is 0 Å². The molecular formula is C17H23N3S. The van der Waals surface area contributed by atoms with E-state index < -0.39 is 0 Å². The lowest BCUT2D eigenvalue weighted by atomic mass is 9.99. The lowest BCUT2D eigenvalue weighted by molar-refractivity contribution is 0.527. The number of nitrogens with zero attached hydrogens (tertiary/aromatic N) is 2. The molecule has 21 heavy (non-hydrogen) atoms. The van der Waals surface area contributed by atoms with E-state index in [-0.39, 0.29) is 6.04 Å². The van der Waals surface area contributed by atoms with Crippen LogP contribution in [0.5, 0.6) is 0 Å². The Balaban J connectivity index is 1.85. The van der Waals surface area contributed by atoms with Gasteiger partial charge in [-0.3, -0.25) is 0 Å². The van der Waals surface area contributed by atoms with Gasteiger partial charge < -0.3 is 5.32 Å². The lowest BCUT2D eigenvalue weighted by Crippen LogP contribution is -2.21. The third kappa shape index (κ3) is 3.16. The maximum absolute atomic E-state index is 4.51. The molecule has 1 heterocycles. The minimum atomic E-state index is 0.166. The Bertz CT molecular complexity index is 566. The number of benzene rings is 1. The molecule has 4 heteroatoms. The van der Waals surface area contributed by atoms with Crippen LogP contribution in [0, 0.1) is 5.92 Å². The van der Waals surface area contributed by atoms with Crippen molar-refractivity contribution in [1.82, 2.24) is 15.5 Å². The van der Waals surface area contributed by atoms with Gasteiger partial charge in [0.05, 0.1) is 6.04 Å². The largest absolute Gasteiger partial charge is 0.304 e. The van der Waals surface area contributed by atoms with Gasteiger partial charge in [0.15, 0.2) is 0 Å². The summed E-state index contributed by atoms with van der Waals surface area (Å²) in [6.07, 6.45) is 3.93. The summed E-state index contributed by atoms with van der Waals surface area (Å²) < 4.78 is 0. The number of nitrogens with one attached hydrogen (secondary N) is 1. The third-order valence-corrected chi connectivity index (χ3v) is 5.54. The summed E-state index contributed by atoms with van der Waals surface area (Å²) in [4.78, 5) is 0. The van der Waals surface area contributed by atoms with E-state index in [0.29, 0.717) is 5.92 Å². The van der Waals surface area contributed by atoms with Crippen LogP contribution in [0.3, 0.4) is 0 Å². The zero-order valence-corrected chi connectivity index (χ0v) is 13.6. The standard InChI is InChI=1S/C17H23N3S/c1-3-18-15(13-9-5-4-6-10-13)17-20-19-16(21-17)14-11-7-8-12(14)2/h4-6,9-10,12,14-15,18H,3,7-8,11H2,1-2H3. The molecule has 3 nitrogen and oxygen atoms in total. The second-order valence-electron chi connectivity index (χ2n) is 5.89. The van der Waals surface area contributed by atoms with Crippen LogP contribution in [0.1, 0.15) is 60.6 Å². The Kier molecular flexibility index (Phi) is 4.66. The molecule has 1 aliphatic carbocycles. The molecule has 0 amide bonds. The topological polar surface area (TPSA) is 37.8 Å². The zero-order chi connectivity index (χ0) is 14.7. The van der Waals surface area contributed by atoms with Crippen LogP contribution in [0.4, 0.5) is 0 Å². The number of hydrogen-bond acceptors (Lipinski definition) is 4. The Morgan fingerprint density at radius 3 is 2.71 bits per heavy atom. The van der Waals surface area contributed by atoms with E-state index in [9.17, 15) is 0 Å². The molecule has 2 aromatic rings. The maximum atomic E-state index is 4.51. The van der Waals surface area contributed by atoms with E-state index in [1.807, 2.05) is 0 Å². The fourth-order valence-corrected chi connectivity index (χ4v) is 4.44. The Hall–Kier alpha value is -1.26. The number of aromatic nitrogens is 2. The third-order valence-electron chi connectivity index (χ3n) is 4.42. The summed E-state index contributed by atoms with van der Waals surface area (Å²) in [5, 5.41) is 14.9. The van der Waals surface area contributed by atoms with Gasteiger partial charge in [-0.15, -0.1) is 10.2 Å². The molecule has 1 aromatic carbocycles. The second-order valence-corrected chi connectivity index (χ2v) is 6.94. The molecule has 0 saturated heterocycles. The second kappa shape index (κ2) is 6.67. The van der Waals surface area contributed by atoms with Crippen molar-refractivity contribution in [2.45, 2.75) is 45.1 Å². The van der Waals surface area contributed by atoms with Gasteiger partial charge >= 0.3 is 0 Å². The van der Waals surface area contributed by atoms with E-state index in [1.165, 1.54) is 29.8 Å². The average molecular weight is 301 g/mol. The summed E-state index contributed by atoms with van der Waals surface area (Å²) in [5.41, 5.74) is 1.27. The van der Waals surface area contributed by atoms with Crippen molar-refractivity contribution in [3.8, 4) is 0 Å². The van der Waals surface area contributed by atoms with Gasteiger partial charge in [0.1, 0.15) is 10.0 Å². The average Bonchev–Trinajstić information content (AvgIpc) is 3.14. The molecule has 0 bridgehead atoms. The van der Waals surface area contributed by atoms with E-state index >= 15 is 0 Å². The monoisotopic (exact) mass is 301 g/mol. The number of hydrogen-bond donors (Lipinski definition) is 1. The fourth-order valence-electron chi connectivity index (χ4n) is 3.22. The van der Waals surface area contributed by atoms with Gasteiger partial charge in [-0.1, -0.05) is 68.4 Å². The molecule has 0 aliphatic heterocycles. The van der Waals surface area contributed by atoms with E-state index in [4.69, 9.17) is 0 Å². The highest BCUT2D eigenvalue weighted by Gasteiger charge is 2.29. The van der Waals surface area contributed by atoms with Gasteiger partial charge in [0.2, 0.25) is 0 Å². The van der Waals surface area contributed by atoms with Crippen molar-refractivity contribution in [2.75, 3.05) is 6.54 Å². The quantitative estimate of drug-likeness (QED) is 0.902. The van der Waals surface area contributed by atoms with Crippen molar-refractivity contribution >= 4 is 11.3 Å². The molecule has 1 aliphatic rings. The molecule has 0 radical (unpaired) electrons. The Labute approximate surface area is 130 Å². The van der Waals surface area contributed by atoms with Crippen molar-refractivity contribution in [1.29, 1.82) is 0 Å². The zero-order valence-electron chi connectivity index (χ0n) is 12.7. The van der Waals surface area contributed by atoms with Gasteiger partial charge in [-0.05, 0) is 24.4 Å². The molecule has 1 fully saturated rings. The normalized spacial score (nSPS) is 23.3. The molecule has 3 atom stereocenters. The molecule has 1 aromatic heterocycles. The van der Waals surface area contributed by atoms with Crippen LogP contribution in [0.15, 0.2) is 30.3 Å². The highest BCUT2D eigenvalue weighted by molar-refractivity contribution is 7.11. The van der Waals surface area contributed by atoms with E-state index in [2.05, 4.69) is 59.7 Å². The van der Waals surface area contributed by atoms with Crippen LogP contribution in [-0.4, -0.2) is 16.7 Å². The molecule has 1 saturated carbocycles. The smallest absolute Gasteiger partial charge is 0.139 e. The van der Waals surface area contributed by atoms with E-state index in [0.717, 1.165) is 17.5 Å². The SMILES string of the molecule is CCNC(c1ccccc1)c1nnc(C2CCCC2C)s1. The summed E-state index contributed by atoms with van der Waals surface area (Å²) in [6.45, 7) is 5.41. The molecule has 0 spiro atoms. The van der Waals surface area contributed by atoms with Crippen LogP contribution >= 0.6 is 11.3 Å². The van der Waals surface area contributed by atoms with Crippen molar-refractivity contribution in [3.05, 3.63) is 45.9 Å². The summed E-state index contributed by atoms with van der Waals surface area (Å²) in [5.74, 6) is 1.37. The predicted molar refractivity (Wildman–Crippen MR) is 87.6 cm³/mol. The summed E-state index contributed by atoms with van der Waals surface area (Å²) in [7, 11) is 0.